The van der Waals surface area contributed by atoms with Gasteiger partial charge >= 0.3 is 0 Å². The van der Waals surface area contributed by atoms with Crippen LogP contribution in [0.4, 0.5) is 5.69 Å². The van der Waals surface area contributed by atoms with Crippen LogP contribution in [-0.4, -0.2) is 20.1 Å². The molecule has 1 atom stereocenters. The summed E-state index contributed by atoms with van der Waals surface area (Å²) in [6.45, 7) is 2.05. The van der Waals surface area contributed by atoms with E-state index in [0.29, 0.717) is 11.4 Å². The lowest BCUT2D eigenvalue weighted by Gasteiger charge is -2.11. The molecule has 8 heteroatoms. The number of nitrogens with one attached hydrogen (secondary N) is 2. The predicted octanol–water partition coefficient (Wildman–Crippen LogP) is 3.61. The molecule has 1 aliphatic heterocycles. The van der Waals surface area contributed by atoms with Crippen LogP contribution in [0.5, 0.6) is 0 Å². The van der Waals surface area contributed by atoms with E-state index in [4.69, 9.17) is 0 Å². The Hall–Kier alpha value is -1.35. The Labute approximate surface area is 159 Å². The average Bonchev–Trinajstić information content (AvgIpc) is 2.73. The van der Waals surface area contributed by atoms with Crippen molar-refractivity contribution in [3.63, 3.8) is 0 Å². The molecule has 0 saturated heterocycles. The van der Waals surface area contributed by atoms with E-state index in [1.807, 2.05) is 31.2 Å². The molecule has 0 spiro atoms. The molecule has 0 aliphatic carbocycles. The maximum absolute atomic E-state index is 12.6. The summed E-state index contributed by atoms with van der Waals surface area (Å²) in [6, 6.07) is 12.2. The molecular formula is C17H17BrN2O3S2. The highest BCUT2D eigenvalue weighted by molar-refractivity contribution is 9.10. The molecule has 3 rings (SSSR count). The lowest BCUT2D eigenvalue weighted by Crippen LogP contribution is -2.24. The molecule has 0 fully saturated rings. The first kappa shape index (κ1) is 18.4. The second-order valence-corrected chi connectivity index (χ2v) is 9.55. The SMILES string of the molecule is C[C@@H]1CSc2ccc(S(=O)(=O)NCc3ccc(Br)cc3)cc2NC1=O. The number of fused-ring (bicyclic) bond motifs is 1. The van der Waals surface area contributed by atoms with E-state index in [1.165, 1.54) is 6.07 Å². The molecule has 0 radical (unpaired) electrons. The zero-order chi connectivity index (χ0) is 18.0. The van der Waals surface area contributed by atoms with Gasteiger partial charge in [-0.05, 0) is 35.9 Å². The Kier molecular flexibility index (Phi) is 5.52. The number of thioether (sulfide) groups is 1. The van der Waals surface area contributed by atoms with Gasteiger partial charge in [0, 0.05) is 27.6 Å². The van der Waals surface area contributed by atoms with Crippen LogP contribution in [0.2, 0.25) is 0 Å². The fraction of sp³-hybridized carbons (Fsp3) is 0.235. The van der Waals surface area contributed by atoms with E-state index in [-0.39, 0.29) is 23.3 Å². The summed E-state index contributed by atoms with van der Waals surface area (Å²) < 4.78 is 28.6. The second kappa shape index (κ2) is 7.49. The van der Waals surface area contributed by atoms with Gasteiger partial charge in [-0.25, -0.2) is 13.1 Å². The highest BCUT2D eigenvalue weighted by atomic mass is 79.9. The van der Waals surface area contributed by atoms with Crippen LogP contribution in [0.25, 0.3) is 0 Å². The predicted molar refractivity (Wildman–Crippen MR) is 103 cm³/mol. The summed E-state index contributed by atoms with van der Waals surface area (Å²) in [7, 11) is -3.67. The molecule has 2 aromatic carbocycles. The van der Waals surface area contributed by atoms with Gasteiger partial charge in [-0.15, -0.1) is 11.8 Å². The lowest BCUT2D eigenvalue weighted by molar-refractivity contribution is -0.118. The van der Waals surface area contributed by atoms with E-state index in [9.17, 15) is 13.2 Å². The maximum atomic E-state index is 12.6. The van der Waals surface area contributed by atoms with Gasteiger partial charge in [0.2, 0.25) is 15.9 Å². The standard InChI is InChI=1S/C17H17BrN2O3S2/c1-11-10-24-16-7-6-14(8-15(16)20-17(11)21)25(22,23)19-9-12-2-4-13(18)5-3-12/h2-8,11,19H,9-10H2,1H3,(H,20,21)/t11-/m1/s1. The van der Waals surface area contributed by atoms with Crippen molar-refractivity contribution in [3.05, 3.63) is 52.5 Å². The summed E-state index contributed by atoms with van der Waals surface area (Å²) in [5.74, 6) is 0.462. The molecule has 1 aliphatic rings. The number of benzene rings is 2. The number of hydrogen-bond donors (Lipinski definition) is 2. The Morgan fingerprint density at radius 2 is 1.96 bits per heavy atom. The Morgan fingerprint density at radius 1 is 1.24 bits per heavy atom. The van der Waals surface area contributed by atoms with Crippen LogP contribution >= 0.6 is 27.7 Å². The quantitative estimate of drug-likeness (QED) is 0.760. The van der Waals surface area contributed by atoms with E-state index >= 15 is 0 Å². The van der Waals surface area contributed by atoms with Crippen LogP contribution in [0.15, 0.2) is 56.7 Å². The number of carbonyl (C=O) groups is 1. The molecule has 1 amide bonds. The van der Waals surface area contributed by atoms with Crippen molar-refractivity contribution in [2.45, 2.75) is 23.3 Å². The minimum atomic E-state index is -3.67. The van der Waals surface area contributed by atoms with Gasteiger partial charge in [-0.1, -0.05) is 35.0 Å². The smallest absolute Gasteiger partial charge is 0.240 e. The molecule has 0 saturated carbocycles. The first-order chi connectivity index (χ1) is 11.8. The van der Waals surface area contributed by atoms with Crippen LogP contribution in [-0.2, 0) is 21.4 Å². The van der Waals surface area contributed by atoms with Gasteiger partial charge in [0.05, 0.1) is 10.6 Å². The van der Waals surface area contributed by atoms with Crippen LogP contribution < -0.4 is 10.0 Å². The molecule has 0 bridgehead atoms. The van der Waals surface area contributed by atoms with Crippen LogP contribution in [0.3, 0.4) is 0 Å². The molecule has 132 valence electrons. The number of sulfonamides is 1. The number of hydrogen-bond acceptors (Lipinski definition) is 4. The average molecular weight is 441 g/mol. The van der Waals surface area contributed by atoms with Gasteiger partial charge in [0.25, 0.3) is 0 Å². The van der Waals surface area contributed by atoms with E-state index in [0.717, 1.165) is 14.9 Å². The molecular weight excluding hydrogens is 424 g/mol. The van der Waals surface area contributed by atoms with Crippen molar-refractivity contribution in [2.75, 3.05) is 11.1 Å². The van der Waals surface area contributed by atoms with Crippen molar-refractivity contribution in [1.29, 1.82) is 0 Å². The summed E-state index contributed by atoms with van der Waals surface area (Å²) in [5, 5.41) is 2.81. The number of rotatable bonds is 4. The van der Waals surface area contributed by atoms with Gasteiger partial charge in [0.15, 0.2) is 0 Å². The van der Waals surface area contributed by atoms with Gasteiger partial charge in [-0.3, -0.25) is 4.79 Å². The van der Waals surface area contributed by atoms with E-state index in [2.05, 4.69) is 26.0 Å². The molecule has 25 heavy (non-hydrogen) atoms. The molecule has 0 aromatic heterocycles. The summed E-state index contributed by atoms with van der Waals surface area (Å²) >= 11 is 4.90. The first-order valence-corrected chi connectivity index (χ1v) is 10.9. The molecule has 2 N–H and O–H groups in total. The van der Waals surface area contributed by atoms with Gasteiger partial charge in [0.1, 0.15) is 0 Å². The van der Waals surface area contributed by atoms with E-state index < -0.39 is 10.0 Å². The zero-order valence-corrected chi connectivity index (χ0v) is 16.7. The summed E-state index contributed by atoms with van der Waals surface area (Å²) in [4.78, 5) is 13.0. The van der Waals surface area contributed by atoms with Crippen LogP contribution in [0.1, 0.15) is 12.5 Å². The normalized spacial score (nSPS) is 17.5. The largest absolute Gasteiger partial charge is 0.325 e. The number of amides is 1. The minimum Gasteiger partial charge on any atom is -0.325 e. The second-order valence-electron chi connectivity index (χ2n) is 5.81. The molecule has 5 nitrogen and oxygen atoms in total. The number of anilines is 1. The Morgan fingerprint density at radius 3 is 2.68 bits per heavy atom. The van der Waals surface area contributed by atoms with Crippen molar-refractivity contribution in [2.24, 2.45) is 5.92 Å². The maximum Gasteiger partial charge on any atom is 0.240 e. The summed E-state index contributed by atoms with van der Waals surface area (Å²) in [5.41, 5.74) is 1.41. The third-order valence-corrected chi connectivity index (χ3v) is 7.10. The summed E-state index contributed by atoms with van der Waals surface area (Å²) in [6.07, 6.45) is 0. The Balaban J connectivity index is 1.79. The van der Waals surface area contributed by atoms with Crippen LogP contribution in [0, 0.1) is 5.92 Å². The third kappa shape index (κ3) is 4.44. The highest BCUT2D eigenvalue weighted by Crippen LogP contribution is 2.34. The van der Waals surface area contributed by atoms with Crippen molar-refractivity contribution < 1.29 is 13.2 Å². The topological polar surface area (TPSA) is 75.3 Å². The van der Waals surface area contributed by atoms with Gasteiger partial charge < -0.3 is 5.32 Å². The number of halogens is 1. The van der Waals surface area contributed by atoms with Crippen molar-refractivity contribution in [1.82, 2.24) is 4.72 Å². The minimum absolute atomic E-state index is 0.0939. The highest BCUT2D eigenvalue weighted by Gasteiger charge is 2.22. The van der Waals surface area contributed by atoms with Crippen molar-refractivity contribution in [3.8, 4) is 0 Å². The first-order valence-electron chi connectivity index (χ1n) is 7.67. The molecule has 2 aromatic rings. The molecule has 0 unspecified atom stereocenters. The third-order valence-electron chi connectivity index (χ3n) is 3.84. The zero-order valence-electron chi connectivity index (χ0n) is 13.5. The van der Waals surface area contributed by atoms with Crippen molar-refractivity contribution >= 4 is 49.3 Å². The fourth-order valence-corrected chi connectivity index (χ4v) is 4.63. The monoisotopic (exact) mass is 440 g/mol. The molecule has 1 heterocycles. The number of carbonyl (C=O) groups excluding carboxylic acids is 1. The van der Waals surface area contributed by atoms with Gasteiger partial charge in [-0.2, -0.15) is 0 Å². The van der Waals surface area contributed by atoms with E-state index in [1.54, 1.807) is 23.9 Å². The fourth-order valence-electron chi connectivity index (χ4n) is 2.31. The lowest BCUT2D eigenvalue weighted by atomic mass is 10.2. The Bertz CT molecular complexity index is 899.